The maximum Gasteiger partial charge on any atom is 0.265 e. The summed E-state index contributed by atoms with van der Waals surface area (Å²) in [5.74, 6) is 0.712. The lowest BCUT2D eigenvalue weighted by molar-refractivity contribution is -0.122. The Kier molecular flexibility index (Phi) is 5.77. The molecule has 2 amide bonds. The van der Waals surface area contributed by atoms with Gasteiger partial charge in [-0.05, 0) is 12.1 Å². The fourth-order valence-electron chi connectivity index (χ4n) is 3.03. The van der Waals surface area contributed by atoms with Crippen molar-refractivity contribution in [2.45, 2.75) is 6.42 Å². The fraction of sp³-hybridized carbons (Fsp3) is 0.529. The van der Waals surface area contributed by atoms with E-state index < -0.39 is 9.84 Å². The Bertz CT molecular complexity index is 766. The Hall–Kier alpha value is -2.13. The van der Waals surface area contributed by atoms with Crippen molar-refractivity contribution >= 4 is 27.3 Å². The second-order valence-corrected chi connectivity index (χ2v) is 8.70. The molecule has 2 aliphatic rings. The molecule has 0 atom stereocenters. The molecule has 2 aliphatic heterocycles. The quantitative estimate of drug-likeness (QED) is 0.724. The Balaban J connectivity index is 1.41. The molecule has 0 aromatic heterocycles. The zero-order chi connectivity index (χ0) is 18.6. The van der Waals surface area contributed by atoms with E-state index in [4.69, 9.17) is 4.74 Å². The van der Waals surface area contributed by atoms with Crippen molar-refractivity contribution in [1.82, 2.24) is 10.2 Å². The van der Waals surface area contributed by atoms with Crippen LogP contribution in [-0.4, -0.2) is 76.0 Å². The summed E-state index contributed by atoms with van der Waals surface area (Å²) < 4.78 is 28.2. The number of carbonyl (C=O) groups excluding carboxylic acids is 2. The third-order valence-electron chi connectivity index (χ3n) is 4.56. The SMILES string of the molecule is O=C(CCN1C(=O)COc2ccccc21)NCCN1CCS(=O)(=O)CC1. The van der Waals surface area contributed by atoms with Crippen molar-refractivity contribution in [2.24, 2.45) is 0 Å². The summed E-state index contributed by atoms with van der Waals surface area (Å²) in [4.78, 5) is 27.7. The van der Waals surface area contributed by atoms with E-state index in [1.54, 1.807) is 17.0 Å². The van der Waals surface area contributed by atoms with Crippen LogP contribution in [0.3, 0.4) is 0 Å². The van der Waals surface area contributed by atoms with Crippen molar-refractivity contribution < 1.29 is 22.7 Å². The minimum Gasteiger partial charge on any atom is -0.482 e. The van der Waals surface area contributed by atoms with Gasteiger partial charge in [-0.15, -0.1) is 0 Å². The molecular weight excluding hydrogens is 358 g/mol. The summed E-state index contributed by atoms with van der Waals surface area (Å²) in [7, 11) is -2.88. The molecule has 0 radical (unpaired) electrons. The molecule has 0 aliphatic carbocycles. The molecule has 1 saturated heterocycles. The second-order valence-electron chi connectivity index (χ2n) is 6.40. The molecule has 1 aromatic carbocycles. The molecule has 0 spiro atoms. The van der Waals surface area contributed by atoms with Gasteiger partial charge in [0.05, 0.1) is 17.2 Å². The average Bonchev–Trinajstić information content (AvgIpc) is 2.62. The maximum atomic E-state index is 12.1. The number of benzene rings is 1. The van der Waals surface area contributed by atoms with Gasteiger partial charge in [0, 0.05) is 39.1 Å². The standard InChI is InChI=1S/C17H23N3O5S/c21-16(18-6-8-19-9-11-26(23,24)12-10-19)5-7-20-14-3-1-2-4-15(14)25-13-17(20)22/h1-4H,5-13H2,(H,18,21). The lowest BCUT2D eigenvalue weighted by Gasteiger charge is -2.29. The lowest BCUT2D eigenvalue weighted by atomic mass is 10.2. The highest BCUT2D eigenvalue weighted by Gasteiger charge is 2.25. The van der Waals surface area contributed by atoms with Crippen LogP contribution in [0.5, 0.6) is 5.75 Å². The molecule has 26 heavy (non-hydrogen) atoms. The van der Waals surface area contributed by atoms with Gasteiger partial charge < -0.3 is 15.0 Å². The van der Waals surface area contributed by atoms with Crippen LogP contribution < -0.4 is 15.0 Å². The Labute approximate surface area is 153 Å². The molecule has 1 fully saturated rings. The number of nitrogens with one attached hydrogen (secondary N) is 1. The Morgan fingerprint density at radius 1 is 1.15 bits per heavy atom. The normalized spacial score (nSPS) is 19.5. The highest BCUT2D eigenvalue weighted by Crippen LogP contribution is 2.31. The first kappa shape index (κ1) is 18.7. The summed E-state index contributed by atoms with van der Waals surface area (Å²) >= 11 is 0. The second kappa shape index (κ2) is 8.05. The van der Waals surface area contributed by atoms with Gasteiger partial charge in [0.25, 0.3) is 5.91 Å². The summed E-state index contributed by atoms with van der Waals surface area (Å²) in [5.41, 5.74) is 0.686. The third-order valence-corrected chi connectivity index (χ3v) is 6.17. The number of ether oxygens (including phenoxy) is 1. The minimum absolute atomic E-state index is 0.0174. The zero-order valence-electron chi connectivity index (χ0n) is 14.5. The summed E-state index contributed by atoms with van der Waals surface area (Å²) in [6.45, 7) is 2.39. The number of anilines is 1. The summed E-state index contributed by atoms with van der Waals surface area (Å²) in [5, 5.41) is 2.83. The predicted molar refractivity (Wildman–Crippen MR) is 97.0 cm³/mol. The van der Waals surface area contributed by atoms with Gasteiger partial charge in [-0.1, -0.05) is 12.1 Å². The molecule has 1 N–H and O–H groups in total. The van der Waals surface area contributed by atoms with E-state index >= 15 is 0 Å². The first-order valence-electron chi connectivity index (χ1n) is 8.66. The third kappa shape index (κ3) is 4.73. The molecule has 0 bridgehead atoms. The maximum absolute atomic E-state index is 12.1. The van der Waals surface area contributed by atoms with Crippen LogP contribution in [0.15, 0.2) is 24.3 Å². The highest BCUT2D eigenvalue weighted by molar-refractivity contribution is 7.91. The van der Waals surface area contributed by atoms with E-state index in [2.05, 4.69) is 5.32 Å². The van der Waals surface area contributed by atoms with Crippen LogP contribution in [-0.2, 0) is 19.4 Å². The molecule has 1 aromatic rings. The van der Waals surface area contributed by atoms with Crippen LogP contribution in [0, 0.1) is 0 Å². The monoisotopic (exact) mass is 381 g/mol. The largest absolute Gasteiger partial charge is 0.482 e. The van der Waals surface area contributed by atoms with Gasteiger partial charge in [-0.3, -0.25) is 14.5 Å². The predicted octanol–water partition coefficient (Wildman–Crippen LogP) is -0.351. The smallest absolute Gasteiger partial charge is 0.265 e. The molecule has 9 heteroatoms. The topological polar surface area (TPSA) is 96.0 Å². The Morgan fingerprint density at radius 2 is 1.88 bits per heavy atom. The van der Waals surface area contributed by atoms with Gasteiger partial charge in [0.15, 0.2) is 16.4 Å². The summed E-state index contributed by atoms with van der Waals surface area (Å²) in [6.07, 6.45) is 0.203. The zero-order valence-corrected chi connectivity index (χ0v) is 15.3. The average molecular weight is 381 g/mol. The van der Waals surface area contributed by atoms with E-state index in [1.807, 2.05) is 17.0 Å². The number of sulfone groups is 1. The molecule has 142 valence electrons. The number of fused-ring (bicyclic) bond motifs is 1. The first-order valence-corrected chi connectivity index (χ1v) is 10.5. The molecule has 0 saturated carbocycles. The number of nitrogens with zero attached hydrogens (tertiary/aromatic N) is 2. The minimum atomic E-state index is -2.88. The molecule has 0 unspecified atom stereocenters. The number of amides is 2. The molecule has 8 nitrogen and oxygen atoms in total. The number of para-hydroxylation sites is 2. The van der Waals surface area contributed by atoms with Gasteiger partial charge >= 0.3 is 0 Å². The van der Waals surface area contributed by atoms with Crippen LogP contribution in [0.25, 0.3) is 0 Å². The number of rotatable bonds is 6. The highest BCUT2D eigenvalue weighted by atomic mass is 32.2. The van der Waals surface area contributed by atoms with E-state index in [9.17, 15) is 18.0 Å². The fourth-order valence-corrected chi connectivity index (χ4v) is 4.30. The van der Waals surface area contributed by atoms with Crippen LogP contribution in [0.4, 0.5) is 5.69 Å². The Morgan fingerprint density at radius 3 is 2.65 bits per heavy atom. The van der Waals surface area contributed by atoms with Crippen LogP contribution in [0.1, 0.15) is 6.42 Å². The van der Waals surface area contributed by atoms with Crippen molar-refractivity contribution in [3.05, 3.63) is 24.3 Å². The van der Waals surface area contributed by atoms with Crippen LogP contribution >= 0.6 is 0 Å². The van der Waals surface area contributed by atoms with E-state index in [0.29, 0.717) is 44.2 Å². The van der Waals surface area contributed by atoms with Crippen molar-refractivity contribution in [2.75, 3.05) is 55.7 Å². The van der Waals surface area contributed by atoms with Crippen molar-refractivity contribution in [3.8, 4) is 5.75 Å². The van der Waals surface area contributed by atoms with Crippen molar-refractivity contribution in [3.63, 3.8) is 0 Å². The number of carbonyl (C=O) groups is 2. The molecule has 3 rings (SSSR count). The lowest BCUT2D eigenvalue weighted by Crippen LogP contribution is -2.44. The van der Waals surface area contributed by atoms with E-state index in [1.165, 1.54) is 0 Å². The number of hydrogen-bond acceptors (Lipinski definition) is 6. The van der Waals surface area contributed by atoms with E-state index in [0.717, 1.165) is 0 Å². The van der Waals surface area contributed by atoms with Gasteiger partial charge in [-0.25, -0.2) is 8.42 Å². The van der Waals surface area contributed by atoms with Crippen LogP contribution in [0.2, 0.25) is 0 Å². The molecular formula is C17H23N3O5S. The van der Waals surface area contributed by atoms with Gasteiger partial charge in [0.2, 0.25) is 5.91 Å². The van der Waals surface area contributed by atoms with Gasteiger partial charge in [0.1, 0.15) is 5.75 Å². The first-order chi connectivity index (χ1) is 12.4. The van der Waals surface area contributed by atoms with E-state index in [-0.39, 0.29) is 36.3 Å². The number of hydrogen-bond donors (Lipinski definition) is 1. The summed E-state index contributed by atoms with van der Waals surface area (Å²) in [6, 6.07) is 7.26. The van der Waals surface area contributed by atoms with Crippen molar-refractivity contribution in [1.29, 1.82) is 0 Å². The van der Waals surface area contributed by atoms with Gasteiger partial charge in [-0.2, -0.15) is 0 Å². The molecule has 2 heterocycles.